The summed E-state index contributed by atoms with van der Waals surface area (Å²) in [6.07, 6.45) is 1.74. The molecule has 0 radical (unpaired) electrons. The molecule has 1 rings (SSSR count). The molecule has 0 saturated heterocycles. The summed E-state index contributed by atoms with van der Waals surface area (Å²) in [5.41, 5.74) is 0.169. The Kier molecular flexibility index (Phi) is 6.42. The van der Waals surface area contributed by atoms with E-state index in [2.05, 4.69) is 15.6 Å². The Morgan fingerprint density at radius 1 is 1.50 bits per heavy atom. The van der Waals surface area contributed by atoms with Gasteiger partial charge in [0.15, 0.2) is 0 Å². The molecule has 0 aliphatic carbocycles. The van der Waals surface area contributed by atoms with Crippen LogP contribution in [0.2, 0.25) is 0 Å². The van der Waals surface area contributed by atoms with Crippen molar-refractivity contribution >= 4 is 17.4 Å². The van der Waals surface area contributed by atoms with Gasteiger partial charge in [-0.3, -0.25) is 0 Å². The molecule has 20 heavy (non-hydrogen) atoms. The van der Waals surface area contributed by atoms with Crippen molar-refractivity contribution in [2.45, 2.75) is 46.1 Å². The molecule has 0 saturated carbocycles. The van der Waals surface area contributed by atoms with E-state index in [-0.39, 0.29) is 18.5 Å². The van der Waals surface area contributed by atoms with Gasteiger partial charge in [0, 0.05) is 30.6 Å². The molecule has 0 bridgehead atoms. The van der Waals surface area contributed by atoms with Gasteiger partial charge >= 0.3 is 6.03 Å². The minimum atomic E-state index is -0.879. The number of rotatable bonds is 7. The minimum absolute atomic E-state index is 0.0935. The van der Waals surface area contributed by atoms with E-state index in [1.54, 1.807) is 18.3 Å². The van der Waals surface area contributed by atoms with Gasteiger partial charge in [-0.05, 0) is 26.2 Å². The number of urea groups is 1. The SMILES string of the molecule is Cc1csc(CCCNC(=O)NCC(C)(O)C(C)C)n1. The number of nitrogens with zero attached hydrogens (tertiary/aromatic N) is 1. The Balaban J connectivity index is 2.14. The average Bonchev–Trinajstić information content (AvgIpc) is 2.78. The van der Waals surface area contributed by atoms with Crippen molar-refractivity contribution in [1.82, 2.24) is 15.6 Å². The number of aliphatic hydroxyl groups is 1. The number of aromatic nitrogens is 1. The molecule has 0 fully saturated rings. The predicted molar refractivity (Wildman–Crippen MR) is 82.0 cm³/mol. The van der Waals surface area contributed by atoms with E-state index >= 15 is 0 Å². The summed E-state index contributed by atoms with van der Waals surface area (Å²) in [4.78, 5) is 16.0. The van der Waals surface area contributed by atoms with Gasteiger partial charge < -0.3 is 15.7 Å². The lowest BCUT2D eigenvalue weighted by atomic mass is 9.93. The molecular weight excluding hydrogens is 274 g/mol. The number of amides is 2. The number of nitrogens with one attached hydrogen (secondary N) is 2. The van der Waals surface area contributed by atoms with E-state index in [4.69, 9.17) is 0 Å². The van der Waals surface area contributed by atoms with Gasteiger partial charge in [0.25, 0.3) is 0 Å². The first kappa shape index (κ1) is 16.9. The summed E-state index contributed by atoms with van der Waals surface area (Å²) < 4.78 is 0. The maximum absolute atomic E-state index is 11.6. The molecule has 0 aliphatic rings. The number of thiazole rings is 1. The van der Waals surface area contributed by atoms with Crippen LogP contribution in [0.4, 0.5) is 4.79 Å². The third kappa shape index (κ3) is 5.88. The van der Waals surface area contributed by atoms with Gasteiger partial charge in [-0.15, -0.1) is 11.3 Å². The smallest absolute Gasteiger partial charge is 0.314 e. The first-order valence-electron chi connectivity index (χ1n) is 6.96. The molecule has 3 N–H and O–H groups in total. The summed E-state index contributed by atoms with van der Waals surface area (Å²) in [5.74, 6) is 0.0935. The first-order chi connectivity index (χ1) is 9.31. The monoisotopic (exact) mass is 299 g/mol. The van der Waals surface area contributed by atoms with Gasteiger partial charge in [0.05, 0.1) is 10.6 Å². The zero-order chi connectivity index (χ0) is 15.2. The maximum atomic E-state index is 11.6. The lowest BCUT2D eigenvalue weighted by Crippen LogP contribution is -2.47. The number of carbonyl (C=O) groups is 1. The third-order valence-corrected chi connectivity index (χ3v) is 4.40. The lowest BCUT2D eigenvalue weighted by molar-refractivity contribution is 0.0166. The van der Waals surface area contributed by atoms with E-state index < -0.39 is 5.60 Å². The zero-order valence-electron chi connectivity index (χ0n) is 12.7. The van der Waals surface area contributed by atoms with Crippen molar-refractivity contribution in [2.75, 3.05) is 13.1 Å². The Morgan fingerprint density at radius 3 is 2.75 bits per heavy atom. The van der Waals surface area contributed by atoms with Crippen molar-refractivity contribution < 1.29 is 9.90 Å². The summed E-state index contributed by atoms with van der Waals surface area (Å²) in [6.45, 7) is 8.41. The van der Waals surface area contributed by atoms with E-state index in [0.29, 0.717) is 6.54 Å². The highest BCUT2D eigenvalue weighted by atomic mass is 32.1. The topological polar surface area (TPSA) is 74.2 Å². The van der Waals surface area contributed by atoms with Crippen molar-refractivity contribution in [3.05, 3.63) is 16.1 Å². The number of carbonyl (C=O) groups excluding carboxylic acids is 1. The van der Waals surface area contributed by atoms with Crippen molar-refractivity contribution in [1.29, 1.82) is 0 Å². The van der Waals surface area contributed by atoms with Gasteiger partial charge in [0.1, 0.15) is 0 Å². The zero-order valence-corrected chi connectivity index (χ0v) is 13.5. The number of hydrogen-bond donors (Lipinski definition) is 3. The highest BCUT2D eigenvalue weighted by Crippen LogP contribution is 2.14. The standard InChI is InChI=1S/C14H25N3O2S/c1-10(2)14(4,19)9-16-13(18)15-7-5-6-12-17-11(3)8-20-12/h8,10,19H,5-7,9H2,1-4H3,(H2,15,16,18). The quantitative estimate of drug-likeness (QED) is 0.675. The molecule has 1 aromatic heterocycles. The van der Waals surface area contributed by atoms with Gasteiger partial charge in [-0.2, -0.15) is 0 Å². The molecule has 6 heteroatoms. The summed E-state index contributed by atoms with van der Waals surface area (Å²) in [6, 6.07) is -0.235. The molecule has 2 amide bonds. The molecule has 1 heterocycles. The Morgan fingerprint density at radius 2 is 2.20 bits per heavy atom. The maximum Gasteiger partial charge on any atom is 0.314 e. The van der Waals surface area contributed by atoms with Crippen LogP contribution in [0, 0.1) is 12.8 Å². The van der Waals surface area contributed by atoms with Crippen LogP contribution in [0.25, 0.3) is 0 Å². The molecule has 1 unspecified atom stereocenters. The summed E-state index contributed by atoms with van der Waals surface area (Å²) in [7, 11) is 0. The summed E-state index contributed by atoms with van der Waals surface area (Å²) in [5, 5.41) is 18.6. The fraction of sp³-hybridized carbons (Fsp3) is 0.714. The molecule has 1 aromatic rings. The van der Waals surface area contributed by atoms with Gasteiger partial charge in [0.2, 0.25) is 0 Å². The predicted octanol–water partition coefficient (Wildman–Crippen LogP) is 2.09. The molecule has 1 atom stereocenters. The normalized spacial score (nSPS) is 14.1. The van der Waals surface area contributed by atoms with Crippen LogP contribution in [-0.2, 0) is 6.42 Å². The van der Waals surface area contributed by atoms with Crippen LogP contribution in [-0.4, -0.2) is 34.8 Å². The Bertz CT molecular complexity index is 430. The van der Waals surface area contributed by atoms with Crippen LogP contribution in [0.5, 0.6) is 0 Å². The van der Waals surface area contributed by atoms with Crippen LogP contribution in [0.15, 0.2) is 5.38 Å². The third-order valence-electron chi connectivity index (χ3n) is 3.37. The van der Waals surface area contributed by atoms with E-state index in [9.17, 15) is 9.90 Å². The molecule has 0 spiro atoms. The Hall–Kier alpha value is -1.14. The van der Waals surface area contributed by atoms with Crippen molar-refractivity contribution in [2.24, 2.45) is 5.92 Å². The first-order valence-corrected chi connectivity index (χ1v) is 7.84. The Labute approximate surface area is 124 Å². The van der Waals surface area contributed by atoms with Crippen LogP contribution >= 0.6 is 11.3 Å². The number of aryl methyl sites for hydroxylation is 2. The van der Waals surface area contributed by atoms with E-state index in [1.165, 1.54) is 0 Å². The fourth-order valence-corrected chi connectivity index (χ4v) is 2.30. The lowest BCUT2D eigenvalue weighted by Gasteiger charge is -2.27. The highest BCUT2D eigenvalue weighted by molar-refractivity contribution is 7.09. The van der Waals surface area contributed by atoms with E-state index in [0.717, 1.165) is 23.5 Å². The molecule has 0 aromatic carbocycles. The largest absolute Gasteiger partial charge is 0.388 e. The molecule has 0 aliphatic heterocycles. The van der Waals surface area contributed by atoms with Gasteiger partial charge in [-0.1, -0.05) is 13.8 Å². The van der Waals surface area contributed by atoms with E-state index in [1.807, 2.05) is 26.2 Å². The minimum Gasteiger partial charge on any atom is -0.388 e. The second kappa shape index (κ2) is 7.59. The second-order valence-electron chi connectivity index (χ2n) is 5.61. The van der Waals surface area contributed by atoms with Crippen LogP contribution in [0.1, 0.15) is 37.9 Å². The number of hydrogen-bond acceptors (Lipinski definition) is 4. The van der Waals surface area contributed by atoms with Crippen molar-refractivity contribution in [3.63, 3.8) is 0 Å². The molecule has 5 nitrogen and oxygen atoms in total. The van der Waals surface area contributed by atoms with Crippen molar-refractivity contribution in [3.8, 4) is 0 Å². The van der Waals surface area contributed by atoms with Crippen LogP contribution < -0.4 is 10.6 Å². The second-order valence-corrected chi connectivity index (χ2v) is 6.55. The fourth-order valence-electron chi connectivity index (χ4n) is 1.48. The van der Waals surface area contributed by atoms with Crippen LogP contribution in [0.3, 0.4) is 0 Å². The summed E-state index contributed by atoms with van der Waals surface area (Å²) >= 11 is 1.65. The van der Waals surface area contributed by atoms with Gasteiger partial charge in [-0.25, -0.2) is 9.78 Å². The molecule has 114 valence electrons. The molecular formula is C14H25N3O2S. The average molecular weight is 299 g/mol. The highest BCUT2D eigenvalue weighted by Gasteiger charge is 2.25.